The summed E-state index contributed by atoms with van der Waals surface area (Å²) in [7, 11) is 0. The summed E-state index contributed by atoms with van der Waals surface area (Å²) < 4.78 is 0. The Morgan fingerprint density at radius 2 is 1.61 bits per heavy atom. The van der Waals surface area contributed by atoms with Gasteiger partial charge in [-0.2, -0.15) is 0 Å². The van der Waals surface area contributed by atoms with Gasteiger partial charge in [0.1, 0.15) is 0 Å². The van der Waals surface area contributed by atoms with Gasteiger partial charge in [0, 0.05) is 18.2 Å². The third-order valence-electron chi connectivity index (χ3n) is 4.30. The summed E-state index contributed by atoms with van der Waals surface area (Å²) in [4.78, 5) is 24.8. The smallest absolute Gasteiger partial charge is 0.269 e. The minimum Gasteiger partial charge on any atom is -0.331 e. The molecule has 0 aromatic heterocycles. The molecule has 0 saturated carbocycles. The van der Waals surface area contributed by atoms with Gasteiger partial charge in [-0.3, -0.25) is 14.9 Å². The largest absolute Gasteiger partial charge is 0.331 e. The van der Waals surface area contributed by atoms with Crippen LogP contribution in [0.2, 0.25) is 0 Å². The molecular formula is C18H18N2O3. The first kappa shape index (κ1) is 15.2. The Labute approximate surface area is 134 Å². The van der Waals surface area contributed by atoms with Crippen LogP contribution in [0.4, 0.5) is 5.69 Å². The number of hydrogen-bond acceptors (Lipinski definition) is 3. The van der Waals surface area contributed by atoms with E-state index in [4.69, 9.17) is 0 Å². The molecule has 2 aromatic rings. The molecule has 1 fully saturated rings. The molecule has 0 bridgehead atoms. The van der Waals surface area contributed by atoms with Crippen LogP contribution in [0, 0.1) is 10.1 Å². The summed E-state index contributed by atoms with van der Waals surface area (Å²) in [5.74, 6) is -0.116. The number of β-lactam (4-membered cyclic amide) rings is 1. The molecule has 23 heavy (non-hydrogen) atoms. The molecule has 1 heterocycles. The lowest BCUT2D eigenvalue weighted by molar-refractivity contribution is -0.384. The number of benzene rings is 2. The van der Waals surface area contributed by atoms with Crippen LogP contribution in [0.25, 0.3) is 0 Å². The van der Waals surface area contributed by atoms with Crippen molar-refractivity contribution in [3.8, 4) is 0 Å². The van der Waals surface area contributed by atoms with Crippen LogP contribution in [0.1, 0.15) is 36.9 Å². The Balaban J connectivity index is 1.98. The Hall–Kier alpha value is -2.69. The van der Waals surface area contributed by atoms with E-state index in [0.717, 1.165) is 11.1 Å². The molecule has 2 aromatic carbocycles. The molecule has 118 valence electrons. The predicted molar refractivity (Wildman–Crippen MR) is 87.0 cm³/mol. The van der Waals surface area contributed by atoms with Crippen LogP contribution in [-0.2, 0) is 4.79 Å². The van der Waals surface area contributed by atoms with Gasteiger partial charge in [0.2, 0.25) is 5.91 Å². The number of carbonyl (C=O) groups is 1. The minimum atomic E-state index is -0.412. The number of nitro groups is 1. The van der Waals surface area contributed by atoms with Crippen LogP contribution in [-0.4, -0.2) is 21.8 Å². The number of non-ortho nitro benzene ring substituents is 1. The van der Waals surface area contributed by atoms with Crippen LogP contribution >= 0.6 is 0 Å². The van der Waals surface area contributed by atoms with Gasteiger partial charge in [-0.05, 0) is 25.0 Å². The van der Waals surface area contributed by atoms with E-state index in [2.05, 4.69) is 0 Å². The number of nitrogens with zero attached hydrogens (tertiary/aromatic N) is 2. The average molecular weight is 310 g/mol. The summed E-state index contributed by atoms with van der Waals surface area (Å²) >= 11 is 0. The lowest BCUT2D eigenvalue weighted by atomic mass is 9.77. The van der Waals surface area contributed by atoms with Gasteiger partial charge in [-0.1, -0.05) is 42.5 Å². The summed E-state index contributed by atoms with van der Waals surface area (Å²) in [6.07, 6.45) is 0. The molecule has 5 nitrogen and oxygen atoms in total. The zero-order chi connectivity index (χ0) is 16.6. The van der Waals surface area contributed by atoms with E-state index in [1.165, 1.54) is 12.1 Å². The Kier molecular flexibility index (Phi) is 3.86. The van der Waals surface area contributed by atoms with E-state index < -0.39 is 4.92 Å². The fourth-order valence-corrected chi connectivity index (χ4v) is 3.22. The fourth-order valence-electron chi connectivity index (χ4n) is 3.22. The molecular weight excluding hydrogens is 292 g/mol. The van der Waals surface area contributed by atoms with Crippen molar-refractivity contribution in [3.05, 3.63) is 75.8 Å². The summed E-state index contributed by atoms with van der Waals surface area (Å²) in [5, 5.41) is 10.8. The van der Waals surface area contributed by atoms with E-state index in [1.54, 1.807) is 12.1 Å². The van der Waals surface area contributed by atoms with Gasteiger partial charge >= 0.3 is 0 Å². The third-order valence-corrected chi connectivity index (χ3v) is 4.30. The SMILES string of the molecule is CC(C)N1C(=O)[C@H](c2ccccc2)[C@H]1c1ccc([N+](=O)[O-])cc1. The lowest BCUT2D eigenvalue weighted by Gasteiger charge is -2.50. The molecule has 2 atom stereocenters. The molecule has 3 rings (SSSR count). The van der Waals surface area contributed by atoms with Gasteiger partial charge in [0.05, 0.1) is 16.9 Å². The van der Waals surface area contributed by atoms with E-state index in [1.807, 2.05) is 49.1 Å². The van der Waals surface area contributed by atoms with Gasteiger partial charge in [-0.25, -0.2) is 0 Å². The highest BCUT2D eigenvalue weighted by molar-refractivity contribution is 5.91. The van der Waals surface area contributed by atoms with Crippen molar-refractivity contribution in [2.24, 2.45) is 0 Å². The van der Waals surface area contributed by atoms with Gasteiger partial charge in [0.25, 0.3) is 5.69 Å². The number of hydrogen-bond donors (Lipinski definition) is 0. The monoisotopic (exact) mass is 310 g/mol. The highest BCUT2D eigenvalue weighted by atomic mass is 16.6. The summed E-state index contributed by atoms with van der Waals surface area (Å²) in [6.45, 7) is 3.97. The molecule has 0 spiro atoms. The Morgan fingerprint density at radius 1 is 1.00 bits per heavy atom. The quantitative estimate of drug-likeness (QED) is 0.492. The Bertz CT molecular complexity index is 726. The molecule has 1 aliphatic heterocycles. The van der Waals surface area contributed by atoms with Crippen molar-refractivity contribution < 1.29 is 9.72 Å². The zero-order valence-electron chi connectivity index (χ0n) is 13.0. The first-order chi connectivity index (χ1) is 11.0. The molecule has 0 radical (unpaired) electrons. The number of likely N-dealkylation sites (tertiary alicyclic amines) is 1. The third kappa shape index (κ3) is 2.59. The molecule has 0 N–H and O–H groups in total. The standard InChI is InChI=1S/C18H18N2O3/c1-12(2)19-17(14-8-10-15(11-9-14)20(22)23)16(18(19)21)13-6-4-3-5-7-13/h3-12,16-17H,1-2H3/t16-,17-/m1/s1. The van der Waals surface area contributed by atoms with Crippen molar-refractivity contribution in [3.63, 3.8) is 0 Å². The predicted octanol–water partition coefficient (Wildman–Crippen LogP) is 3.67. The Morgan fingerprint density at radius 3 is 2.13 bits per heavy atom. The van der Waals surface area contributed by atoms with Gasteiger partial charge in [0.15, 0.2) is 0 Å². The normalized spacial score (nSPS) is 20.5. The molecule has 0 aliphatic carbocycles. The maximum atomic E-state index is 12.6. The van der Waals surface area contributed by atoms with E-state index in [9.17, 15) is 14.9 Å². The van der Waals surface area contributed by atoms with Crippen LogP contribution < -0.4 is 0 Å². The maximum Gasteiger partial charge on any atom is 0.269 e. The van der Waals surface area contributed by atoms with Crippen molar-refractivity contribution in [2.75, 3.05) is 0 Å². The van der Waals surface area contributed by atoms with E-state index in [0.29, 0.717) is 0 Å². The van der Waals surface area contributed by atoms with Crippen LogP contribution in [0.5, 0.6) is 0 Å². The second kappa shape index (κ2) is 5.83. The summed E-state index contributed by atoms with van der Waals surface area (Å²) in [5.41, 5.74) is 1.97. The van der Waals surface area contributed by atoms with Crippen LogP contribution in [0.3, 0.4) is 0 Å². The molecule has 0 unspecified atom stereocenters. The van der Waals surface area contributed by atoms with Gasteiger partial charge < -0.3 is 4.90 Å². The maximum absolute atomic E-state index is 12.6. The molecule has 5 heteroatoms. The fraction of sp³-hybridized carbons (Fsp3) is 0.278. The number of nitro benzene ring substituents is 1. The van der Waals surface area contributed by atoms with E-state index in [-0.39, 0.29) is 29.6 Å². The van der Waals surface area contributed by atoms with Crippen LogP contribution in [0.15, 0.2) is 54.6 Å². The second-order valence-corrected chi connectivity index (χ2v) is 6.02. The highest BCUT2D eigenvalue weighted by Gasteiger charge is 2.49. The lowest BCUT2D eigenvalue weighted by Crippen LogP contribution is -2.56. The average Bonchev–Trinajstić information content (AvgIpc) is 2.53. The van der Waals surface area contributed by atoms with Crippen molar-refractivity contribution in [1.82, 2.24) is 4.90 Å². The second-order valence-electron chi connectivity index (χ2n) is 6.02. The summed E-state index contributed by atoms with van der Waals surface area (Å²) in [6, 6.07) is 16.2. The number of carbonyl (C=O) groups excluding carboxylic acids is 1. The van der Waals surface area contributed by atoms with Crippen molar-refractivity contribution >= 4 is 11.6 Å². The first-order valence-electron chi connectivity index (χ1n) is 7.62. The highest BCUT2D eigenvalue weighted by Crippen LogP contribution is 2.47. The minimum absolute atomic E-state index is 0.0618. The van der Waals surface area contributed by atoms with E-state index >= 15 is 0 Å². The molecule has 1 amide bonds. The topological polar surface area (TPSA) is 63.5 Å². The number of amides is 1. The van der Waals surface area contributed by atoms with Gasteiger partial charge in [-0.15, -0.1) is 0 Å². The zero-order valence-corrected chi connectivity index (χ0v) is 13.0. The van der Waals surface area contributed by atoms with Crippen molar-refractivity contribution in [1.29, 1.82) is 0 Å². The molecule has 1 aliphatic rings. The number of rotatable bonds is 4. The van der Waals surface area contributed by atoms with Crippen molar-refractivity contribution in [2.45, 2.75) is 31.8 Å². The molecule has 1 saturated heterocycles. The first-order valence-corrected chi connectivity index (χ1v) is 7.62.